The molecular formula is C32H21ClN4O4S. The van der Waals surface area contributed by atoms with Crippen molar-refractivity contribution in [3.8, 4) is 11.5 Å². The van der Waals surface area contributed by atoms with Crippen molar-refractivity contribution in [2.24, 2.45) is 0 Å². The highest BCUT2D eigenvalue weighted by atomic mass is 35.5. The summed E-state index contributed by atoms with van der Waals surface area (Å²) in [6.07, 6.45) is 1.75. The van der Waals surface area contributed by atoms with E-state index >= 15 is 0 Å². The predicted molar refractivity (Wildman–Crippen MR) is 162 cm³/mol. The van der Waals surface area contributed by atoms with E-state index in [4.69, 9.17) is 16.3 Å². The van der Waals surface area contributed by atoms with Crippen molar-refractivity contribution < 1.29 is 19.4 Å². The number of ether oxygens (including phenoxy) is 1. The van der Waals surface area contributed by atoms with Crippen LogP contribution in [0, 0.1) is 6.92 Å². The third-order valence-electron chi connectivity index (χ3n) is 7.07. The van der Waals surface area contributed by atoms with Gasteiger partial charge in [-0.2, -0.15) is 0 Å². The van der Waals surface area contributed by atoms with E-state index in [1.54, 1.807) is 72.1 Å². The second kappa shape index (κ2) is 10.1. The molecule has 1 atom stereocenters. The highest BCUT2D eigenvalue weighted by Crippen LogP contribution is 2.45. The summed E-state index contributed by atoms with van der Waals surface area (Å²) >= 11 is 7.45. The lowest BCUT2D eigenvalue weighted by molar-refractivity contribution is -0.132. The summed E-state index contributed by atoms with van der Waals surface area (Å²) in [5.74, 6) is -0.808. The standard InChI is InChI=1S/C32H21ClN4O4S/c1-18-27(36-15-6-5-12-25(36)34-18)29(38)26-28(19-8-7-11-22(16-19)41-21-9-3-2-4-10-21)37(31(40)30(26)39)32-35-23-14-13-20(33)17-24(23)42-32/h2-17,28,38H,1H3/b29-26+. The van der Waals surface area contributed by atoms with Gasteiger partial charge in [0.1, 0.15) is 22.8 Å². The number of fused-ring (bicyclic) bond motifs is 2. The lowest BCUT2D eigenvalue weighted by Gasteiger charge is -2.23. The normalized spacial score (nSPS) is 16.5. The Kier molecular flexibility index (Phi) is 6.26. The molecule has 0 bridgehead atoms. The number of halogens is 1. The monoisotopic (exact) mass is 592 g/mol. The number of para-hydroxylation sites is 1. The Bertz CT molecular complexity index is 2070. The van der Waals surface area contributed by atoms with Crippen LogP contribution in [-0.4, -0.2) is 31.2 Å². The molecule has 206 valence electrons. The number of carbonyl (C=O) groups excluding carboxylic acids is 2. The number of nitrogens with zero attached hydrogens (tertiary/aromatic N) is 4. The fraction of sp³-hybridized carbons (Fsp3) is 0.0625. The van der Waals surface area contributed by atoms with E-state index in [1.807, 2.05) is 36.4 Å². The molecule has 3 aromatic heterocycles. The zero-order chi connectivity index (χ0) is 29.0. The van der Waals surface area contributed by atoms with E-state index in [9.17, 15) is 14.7 Å². The number of thiazole rings is 1. The Balaban J connectivity index is 1.44. The van der Waals surface area contributed by atoms with Crippen LogP contribution in [0.5, 0.6) is 11.5 Å². The minimum absolute atomic E-state index is 0.0668. The molecule has 1 saturated heterocycles. The lowest BCUT2D eigenvalue weighted by Crippen LogP contribution is -2.29. The first-order valence-electron chi connectivity index (χ1n) is 13.0. The second-order valence-electron chi connectivity index (χ2n) is 9.74. The van der Waals surface area contributed by atoms with Gasteiger partial charge < -0.3 is 9.84 Å². The number of aryl methyl sites for hydroxylation is 1. The number of carbonyl (C=O) groups is 2. The fourth-order valence-corrected chi connectivity index (χ4v) is 6.50. The molecule has 1 aliphatic heterocycles. The van der Waals surface area contributed by atoms with Crippen molar-refractivity contribution in [1.82, 2.24) is 14.4 Å². The average Bonchev–Trinajstić information content (AvgIpc) is 3.63. The molecule has 4 heterocycles. The zero-order valence-corrected chi connectivity index (χ0v) is 23.6. The van der Waals surface area contributed by atoms with Gasteiger partial charge in [0.25, 0.3) is 5.78 Å². The number of aliphatic hydroxyl groups is 1. The Morgan fingerprint density at radius 1 is 0.929 bits per heavy atom. The number of anilines is 1. The number of aromatic nitrogens is 3. The Labute approximate surface area is 248 Å². The molecule has 8 nitrogen and oxygen atoms in total. The SMILES string of the molecule is Cc1nc2ccccn2c1/C(O)=C1\C(=O)C(=O)N(c2nc3ccc(Cl)cc3s2)C1c1cccc(Oc2ccccc2)c1. The number of benzene rings is 3. The van der Waals surface area contributed by atoms with Crippen molar-refractivity contribution >= 4 is 61.4 Å². The molecule has 42 heavy (non-hydrogen) atoms. The van der Waals surface area contributed by atoms with Gasteiger partial charge in [-0.15, -0.1) is 0 Å². The maximum atomic E-state index is 13.8. The highest BCUT2D eigenvalue weighted by Gasteiger charge is 2.48. The molecular weight excluding hydrogens is 572 g/mol. The van der Waals surface area contributed by atoms with Gasteiger partial charge in [-0.25, -0.2) is 9.97 Å². The molecule has 0 saturated carbocycles. The number of aliphatic hydroxyl groups excluding tert-OH is 1. The van der Waals surface area contributed by atoms with Crippen LogP contribution in [0.4, 0.5) is 5.13 Å². The van der Waals surface area contributed by atoms with Gasteiger partial charge in [0.15, 0.2) is 10.9 Å². The molecule has 3 aromatic carbocycles. The lowest BCUT2D eigenvalue weighted by atomic mass is 9.96. The minimum atomic E-state index is -0.992. The molecule has 1 unspecified atom stereocenters. The predicted octanol–water partition coefficient (Wildman–Crippen LogP) is 7.32. The molecule has 1 amide bonds. The first kappa shape index (κ1) is 25.9. The molecule has 0 radical (unpaired) electrons. The molecule has 1 N–H and O–H groups in total. The molecule has 1 aliphatic rings. The van der Waals surface area contributed by atoms with Crippen LogP contribution in [0.25, 0.3) is 21.6 Å². The third-order valence-corrected chi connectivity index (χ3v) is 8.32. The van der Waals surface area contributed by atoms with Gasteiger partial charge in [0, 0.05) is 11.2 Å². The number of rotatable bonds is 5. The number of hydrogen-bond acceptors (Lipinski definition) is 7. The second-order valence-corrected chi connectivity index (χ2v) is 11.2. The summed E-state index contributed by atoms with van der Waals surface area (Å²) in [6.45, 7) is 1.75. The molecule has 7 rings (SSSR count). The van der Waals surface area contributed by atoms with Crippen LogP contribution in [-0.2, 0) is 9.59 Å². The largest absolute Gasteiger partial charge is 0.505 e. The summed E-state index contributed by atoms with van der Waals surface area (Å²) < 4.78 is 8.53. The summed E-state index contributed by atoms with van der Waals surface area (Å²) in [5, 5.41) is 12.6. The van der Waals surface area contributed by atoms with Gasteiger partial charge >= 0.3 is 5.91 Å². The maximum absolute atomic E-state index is 13.8. The molecule has 0 spiro atoms. The number of ketones is 1. The van der Waals surface area contributed by atoms with Gasteiger partial charge in [-0.1, -0.05) is 59.3 Å². The summed E-state index contributed by atoms with van der Waals surface area (Å²) in [6, 6.07) is 26.1. The van der Waals surface area contributed by atoms with Crippen LogP contribution in [0.15, 0.2) is 103 Å². The van der Waals surface area contributed by atoms with Crippen molar-refractivity contribution in [2.45, 2.75) is 13.0 Å². The third kappa shape index (κ3) is 4.30. The highest BCUT2D eigenvalue weighted by molar-refractivity contribution is 7.22. The van der Waals surface area contributed by atoms with Gasteiger partial charge in [0.2, 0.25) is 0 Å². The number of imidazole rings is 1. The molecule has 10 heteroatoms. The number of pyridine rings is 1. The van der Waals surface area contributed by atoms with Crippen LogP contribution >= 0.6 is 22.9 Å². The Hall–Kier alpha value is -4.99. The molecule has 0 aliphatic carbocycles. The smallest absolute Gasteiger partial charge is 0.301 e. The number of amides is 1. The fourth-order valence-electron chi connectivity index (χ4n) is 5.23. The summed E-state index contributed by atoms with van der Waals surface area (Å²) in [5.41, 5.74) is 2.58. The minimum Gasteiger partial charge on any atom is -0.505 e. The van der Waals surface area contributed by atoms with Crippen LogP contribution in [0.1, 0.15) is 23.0 Å². The summed E-state index contributed by atoms with van der Waals surface area (Å²) in [4.78, 5) is 38.1. The van der Waals surface area contributed by atoms with E-state index in [-0.39, 0.29) is 11.3 Å². The Morgan fingerprint density at radius 2 is 1.71 bits per heavy atom. The van der Waals surface area contributed by atoms with Crippen LogP contribution in [0.3, 0.4) is 0 Å². The number of Topliss-reactive ketones (excluding diaryl/α,β-unsaturated/α-hetero) is 1. The first-order chi connectivity index (χ1) is 20.4. The molecule has 6 aromatic rings. The maximum Gasteiger partial charge on any atom is 0.301 e. The first-order valence-corrected chi connectivity index (χ1v) is 14.2. The van der Waals surface area contributed by atoms with E-state index in [1.165, 1.54) is 16.2 Å². The van der Waals surface area contributed by atoms with E-state index in [2.05, 4.69) is 9.97 Å². The topological polar surface area (TPSA) is 97.0 Å². The van der Waals surface area contributed by atoms with Crippen molar-refractivity contribution in [2.75, 3.05) is 4.90 Å². The van der Waals surface area contributed by atoms with Crippen LogP contribution in [0.2, 0.25) is 5.02 Å². The van der Waals surface area contributed by atoms with Gasteiger partial charge in [-0.05, 0) is 67.1 Å². The van der Waals surface area contributed by atoms with E-state index in [0.29, 0.717) is 49.8 Å². The molecule has 1 fully saturated rings. The van der Waals surface area contributed by atoms with E-state index < -0.39 is 17.7 Å². The van der Waals surface area contributed by atoms with Crippen molar-refractivity contribution in [1.29, 1.82) is 0 Å². The average molecular weight is 593 g/mol. The zero-order valence-electron chi connectivity index (χ0n) is 22.1. The summed E-state index contributed by atoms with van der Waals surface area (Å²) in [7, 11) is 0. The van der Waals surface area contributed by atoms with Crippen molar-refractivity contribution in [3.63, 3.8) is 0 Å². The van der Waals surface area contributed by atoms with Gasteiger partial charge in [0.05, 0.1) is 27.5 Å². The quantitative estimate of drug-likeness (QED) is 0.128. The Morgan fingerprint density at radius 3 is 2.55 bits per heavy atom. The van der Waals surface area contributed by atoms with Crippen LogP contribution < -0.4 is 9.64 Å². The number of hydrogen-bond donors (Lipinski definition) is 1. The van der Waals surface area contributed by atoms with E-state index in [0.717, 1.165) is 4.70 Å². The van der Waals surface area contributed by atoms with Gasteiger partial charge in [-0.3, -0.25) is 18.9 Å². The van der Waals surface area contributed by atoms with Crippen molar-refractivity contribution in [3.05, 3.63) is 125 Å².